The van der Waals surface area contributed by atoms with Crippen LogP contribution in [0.15, 0.2) is 0 Å². The summed E-state index contributed by atoms with van der Waals surface area (Å²) in [6.07, 6.45) is 1.48. The molecule has 0 unspecified atom stereocenters. The Balaban J connectivity index is 4.35. The first kappa shape index (κ1) is 17.8. The van der Waals surface area contributed by atoms with Gasteiger partial charge in [0.05, 0.1) is 21.7 Å². The molecule has 1 nitrogen and oxygen atoms in total. The van der Waals surface area contributed by atoms with E-state index >= 15 is 0 Å². The molecule has 0 spiro atoms. The van der Waals surface area contributed by atoms with Gasteiger partial charge in [-0.1, -0.05) is 31.9 Å². The van der Waals surface area contributed by atoms with Crippen molar-refractivity contribution in [3.63, 3.8) is 0 Å². The topological polar surface area (TPSA) is 20.2 Å². The number of hydrogen-bond acceptors (Lipinski definition) is 1. The summed E-state index contributed by atoms with van der Waals surface area (Å²) in [7, 11) is 0. The van der Waals surface area contributed by atoms with Crippen molar-refractivity contribution in [1.82, 2.24) is 0 Å². The van der Waals surface area contributed by atoms with Gasteiger partial charge in [0.25, 0.3) is 0 Å². The van der Waals surface area contributed by atoms with Crippen LogP contribution >= 0.6 is 66.7 Å². The van der Waals surface area contributed by atoms with Crippen molar-refractivity contribution in [2.75, 3.05) is 11.9 Å². The SMILES string of the molecule is CC(C)(Cl)[C@H](Br)CC[C@@](Cl)(CBr)[C@@H](Cl)CO. The highest BCUT2D eigenvalue weighted by molar-refractivity contribution is 9.09. The Morgan fingerprint density at radius 3 is 2.12 bits per heavy atom. The Kier molecular flexibility index (Phi) is 8.22. The Morgan fingerprint density at radius 1 is 1.31 bits per heavy atom. The third kappa shape index (κ3) is 5.62. The van der Waals surface area contributed by atoms with Gasteiger partial charge in [-0.05, 0) is 26.7 Å². The zero-order valence-corrected chi connectivity index (χ0v) is 14.8. The average Bonchev–Trinajstić information content (AvgIpc) is 2.22. The summed E-state index contributed by atoms with van der Waals surface area (Å²) in [5.41, 5.74) is 0. The number of aliphatic hydroxyl groups is 1. The van der Waals surface area contributed by atoms with Crippen LogP contribution in [-0.4, -0.2) is 37.0 Å². The Bertz CT molecular complexity index is 211. The van der Waals surface area contributed by atoms with E-state index in [-0.39, 0.29) is 16.3 Å². The highest BCUT2D eigenvalue weighted by atomic mass is 79.9. The first-order valence-electron chi connectivity index (χ1n) is 5.00. The monoisotopic (exact) mass is 416 g/mol. The smallest absolute Gasteiger partial charge is 0.0766 e. The molecule has 0 saturated heterocycles. The summed E-state index contributed by atoms with van der Waals surface area (Å²) in [5, 5.41) is 9.13. The van der Waals surface area contributed by atoms with E-state index in [2.05, 4.69) is 31.9 Å². The van der Waals surface area contributed by atoms with Gasteiger partial charge in [-0.2, -0.15) is 0 Å². The maximum atomic E-state index is 9.05. The Labute approximate surface area is 129 Å². The predicted molar refractivity (Wildman–Crippen MR) is 81.0 cm³/mol. The van der Waals surface area contributed by atoms with Crippen LogP contribution in [-0.2, 0) is 0 Å². The van der Waals surface area contributed by atoms with E-state index < -0.39 is 10.3 Å². The summed E-state index contributed by atoms with van der Waals surface area (Å²) in [5.74, 6) is 0. The summed E-state index contributed by atoms with van der Waals surface area (Å²) in [6.45, 7) is 3.76. The van der Waals surface area contributed by atoms with Gasteiger partial charge in [0.1, 0.15) is 0 Å². The lowest BCUT2D eigenvalue weighted by molar-refractivity contribution is 0.271. The van der Waals surface area contributed by atoms with Gasteiger partial charge in [0, 0.05) is 10.2 Å². The van der Waals surface area contributed by atoms with Crippen LogP contribution in [0.2, 0.25) is 0 Å². The van der Waals surface area contributed by atoms with Crippen LogP contribution < -0.4 is 0 Å². The molecule has 6 heteroatoms. The molecule has 0 aliphatic carbocycles. The lowest BCUT2D eigenvalue weighted by Crippen LogP contribution is -2.39. The van der Waals surface area contributed by atoms with Crippen molar-refractivity contribution < 1.29 is 5.11 Å². The van der Waals surface area contributed by atoms with E-state index in [1.54, 1.807) is 0 Å². The van der Waals surface area contributed by atoms with Crippen molar-refractivity contribution >= 4 is 66.7 Å². The molecule has 0 radical (unpaired) electrons. The molecule has 0 aliphatic heterocycles. The number of rotatable bonds is 7. The molecule has 0 amide bonds. The van der Waals surface area contributed by atoms with E-state index in [1.807, 2.05) is 13.8 Å². The maximum absolute atomic E-state index is 9.05. The van der Waals surface area contributed by atoms with Gasteiger partial charge in [-0.25, -0.2) is 0 Å². The van der Waals surface area contributed by atoms with Crippen molar-refractivity contribution in [3.05, 3.63) is 0 Å². The zero-order chi connectivity index (χ0) is 13.0. The molecule has 0 fully saturated rings. The van der Waals surface area contributed by atoms with Crippen molar-refractivity contribution in [2.45, 2.75) is 46.6 Å². The predicted octanol–water partition coefficient (Wildman–Crippen LogP) is 4.52. The second kappa shape index (κ2) is 7.40. The maximum Gasteiger partial charge on any atom is 0.0766 e. The van der Waals surface area contributed by atoms with Gasteiger partial charge in [0.15, 0.2) is 0 Å². The van der Waals surface area contributed by atoms with Gasteiger partial charge in [-0.15, -0.1) is 34.8 Å². The first-order chi connectivity index (χ1) is 7.17. The summed E-state index contributed by atoms with van der Waals surface area (Å²) in [4.78, 5) is -0.809. The summed E-state index contributed by atoms with van der Waals surface area (Å²) < 4.78 is 0. The minimum absolute atomic E-state index is 0.131. The lowest BCUT2D eigenvalue weighted by Gasteiger charge is -2.31. The van der Waals surface area contributed by atoms with Gasteiger partial charge < -0.3 is 5.11 Å². The number of aliphatic hydroxyl groups excluding tert-OH is 1. The summed E-state index contributed by atoms with van der Waals surface area (Å²) >= 11 is 25.4. The van der Waals surface area contributed by atoms with Crippen LogP contribution in [0.5, 0.6) is 0 Å². The average molecular weight is 419 g/mol. The first-order valence-corrected chi connectivity index (χ1v) is 8.23. The number of halogens is 5. The Morgan fingerprint density at radius 2 is 1.81 bits per heavy atom. The van der Waals surface area contributed by atoms with Gasteiger partial charge >= 0.3 is 0 Å². The van der Waals surface area contributed by atoms with Crippen LogP contribution in [0.1, 0.15) is 26.7 Å². The molecule has 0 aliphatic rings. The second-order valence-electron chi connectivity index (χ2n) is 4.39. The molecule has 98 valence electrons. The Hall–Kier alpha value is 1.79. The molecule has 0 saturated carbocycles. The standard InChI is InChI=1S/C10H17Br2Cl3O/c1-9(2,14)7(12)3-4-10(15,6-11)8(13)5-16/h7-8,16H,3-6H2,1-2H3/t7-,8+,10-/m1/s1. The van der Waals surface area contributed by atoms with Crippen LogP contribution in [0.4, 0.5) is 0 Å². The van der Waals surface area contributed by atoms with Crippen molar-refractivity contribution in [1.29, 1.82) is 0 Å². The van der Waals surface area contributed by atoms with E-state index in [1.165, 1.54) is 0 Å². The molecule has 0 aromatic heterocycles. The van der Waals surface area contributed by atoms with E-state index in [4.69, 9.17) is 39.9 Å². The van der Waals surface area contributed by atoms with Crippen molar-refractivity contribution in [3.8, 4) is 0 Å². The second-order valence-corrected chi connectivity index (χ2v) is 8.31. The van der Waals surface area contributed by atoms with Crippen LogP contribution in [0.25, 0.3) is 0 Å². The van der Waals surface area contributed by atoms with Crippen LogP contribution in [0.3, 0.4) is 0 Å². The van der Waals surface area contributed by atoms with Crippen LogP contribution in [0, 0.1) is 0 Å². The highest BCUT2D eigenvalue weighted by Crippen LogP contribution is 2.36. The molecular formula is C10H17Br2Cl3O. The summed E-state index contributed by atoms with van der Waals surface area (Å²) in [6, 6.07) is 0. The zero-order valence-electron chi connectivity index (χ0n) is 9.32. The number of hydrogen-bond donors (Lipinski definition) is 1. The van der Waals surface area contributed by atoms with Gasteiger partial charge in [-0.3, -0.25) is 0 Å². The highest BCUT2D eigenvalue weighted by Gasteiger charge is 2.36. The molecule has 0 bridgehead atoms. The molecule has 0 aromatic carbocycles. The molecule has 16 heavy (non-hydrogen) atoms. The minimum atomic E-state index is -0.634. The minimum Gasteiger partial charge on any atom is -0.395 e. The normalized spacial score (nSPS) is 20.2. The molecule has 0 heterocycles. The molecule has 0 aromatic rings. The lowest BCUT2D eigenvalue weighted by atomic mass is 9.96. The molecule has 3 atom stereocenters. The quantitative estimate of drug-likeness (QED) is 0.602. The van der Waals surface area contributed by atoms with E-state index in [0.717, 1.165) is 6.42 Å². The van der Waals surface area contributed by atoms with E-state index in [9.17, 15) is 0 Å². The van der Waals surface area contributed by atoms with E-state index in [0.29, 0.717) is 11.8 Å². The fourth-order valence-electron chi connectivity index (χ4n) is 1.18. The fraction of sp³-hybridized carbons (Fsp3) is 1.00. The fourth-order valence-corrected chi connectivity index (χ4v) is 2.74. The third-order valence-corrected chi connectivity index (χ3v) is 7.21. The van der Waals surface area contributed by atoms with Gasteiger partial charge in [0.2, 0.25) is 0 Å². The molecular weight excluding hydrogens is 402 g/mol. The molecule has 0 rings (SSSR count). The largest absolute Gasteiger partial charge is 0.395 e. The number of alkyl halides is 5. The molecule has 1 N–H and O–H groups in total. The third-order valence-electron chi connectivity index (χ3n) is 2.50. The van der Waals surface area contributed by atoms with Crippen molar-refractivity contribution in [2.24, 2.45) is 0 Å².